The lowest BCUT2D eigenvalue weighted by Crippen LogP contribution is -2.39. The Kier molecular flexibility index (Phi) is 3.63. The van der Waals surface area contributed by atoms with Crippen LogP contribution in [0.5, 0.6) is 0 Å². The molecule has 18 heavy (non-hydrogen) atoms. The molecule has 2 rings (SSSR count). The second-order valence-electron chi connectivity index (χ2n) is 4.76. The number of nitriles is 1. The topological polar surface area (TPSA) is 70.1 Å². The van der Waals surface area contributed by atoms with Gasteiger partial charge in [-0.25, -0.2) is 0 Å². The fraction of sp³-hybridized carbons (Fsp3) is 0.429. The number of hydrogen-bond donors (Lipinski definition) is 1. The van der Waals surface area contributed by atoms with Crippen LogP contribution in [-0.4, -0.2) is 19.0 Å². The zero-order valence-electron chi connectivity index (χ0n) is 10.5. The third kappa shape index (κ3) is 2.36. The van der Waals surface area contributed by atoms with Gasteiger partial charge in [-0.1, -0.05) is 6.42 Å². The van der Waals surface area contributed by atoms with E-state index in [9.17, 15) is 4.79 Å². The molecule has 0 aromatic heterocycles. The molecule has 1 aliphatic carbocycles. The van der Waals surface area contributed by atoms with E-state index in [4.69, 9.17) is 11.0 Å². The van der Waals surface area contributed by atoms with Gasteiger partial charge in [0.05, 0.1) is 17.6 Å². The highest BCUT2D eigenvalue weighted by atomic mass is 16.2. The van der Waals surface area contributed by atoms with E-state index >= 15 is 0 Å². The molecule has 0 saturated heterocycles. The van der Waals surface area contributed by atoms with Gasteiger partial charge in [0, 0.05) is 18.8 Å². The van der Waals surface area contributed by atoms with Gasteiger partial charge in [-0.3, -0.25) is 4.79 Å². The van der Waals surface area contributed by atoms with Crippen LogP contribution in [0.2, 0.25) is 0 Å². The van der Waals surface area contributed by atoms with Crippen LogP contribution in [0, 0.1) is 17.2 Å². The number of carbonyl (C=O) groups is 1. The summed E-state index contributed by atoms with van der Waals surface area (Å²) in [6, 6.07) is 9.05. The summed E-state index contributed by atoms with van der Waals surface area (Å²) in [5.74, 6) is 0.00958. The first-order chi connectivity index (χ1) is 8.63. The molecule has 0 heterocycles. The van der Waals surface area contributed by atoms with E-state index in [0.717, 1.165) is 24.9 Å². The third-order valence-electron chi connectivity index (χ3n) is 3.60. The smallest absolute Gasteiger partial charge is 0.231 e. The molecule has 1 amide bonds. The Hall–Kier alpha value is -1.86. The van der Waals surface area contributed by atoms with Crippen LogP contribution < -0.4 is 10.6 Å². The maximum atomic E-state index is 12.3. The standard InChI is InChI=1S/C14H17N3O/c1-17(11-7-5-10(9-15)6-8-11)14(18)12-3-2-4-13(12)16/h5-8,12-13H,2-4,16H2,1H3. The van der Waals surface area contributed by atoms with Crippen molar-refractivity contribution in [1.29, 1.82) is 5.26 Å². The molecule has 94 valence electrons. The molecule has 1 aliphatic rings. The van der Waals surface area contributed by atoms with Crippen molar-refractivity contribution < 1.29 is 4.79 Å². The predicted molar refractivity (Wildman–Crippen MR) is 69.9 cm³/mol. The number of nitrogens with zero attached hydrogens (tertiary/aromatic N) is 2. The Morgan fingerprint density at radius 3 is 2.56 bits per heavy atom. The Labute approximate surface area is 107 Å². The molecular formula is C14H17N3O. The summed E-state index contributed by atoms with van der Waals surface area (Å²) in [7, 11) is 1.76. The molecular weight excluding hydrogens is 226 g/mol. The monoisotopic (exact) mass is 243 g/mol. The molecule has 1 saturated carbocycles. The van der Waals surface area contributed by atoms with Gasteiger partial charge in [0.15, 0.2) is 0 Å². The quantitative estimate of drug-likeness (QED) is 0.858. The molecule has 1 aromatic rings. The Balaban J connectivity index is 2.12. The summed E-state index contributed by atoms with van der Waals surface area (Å²) < 4.78 is 0. The lowest BCUT2D eigenvalue weighted by atomic mass is 10.0. The van der Waals surface area contributed by atoms with Crippen molar-refractivity contribution in [1.82, 2.24) is 0 Å². The molecule has 4 nitrogen and oxygen atoms in total. The van der Waals surface area contributed by atoms with Gasteiger partial charge in [0.25, 0.3) is 0 Å². The average Bonchev–Trinajstić information content (AvgIpc) is 2.83. The van der Waals surface area contributed by atoms with Crippen LogP contribution >= 0.6 is 0 Å². The number of amides is 1. The number of rotatable bonds is 2. The van der Waals surface area contributed by atoms with Crippen LogP contribution in [0.4, 0.5) is 5.69 Å². The number of benzene rings is 1. The number of anilines is 1. The minimum absolute atomic E-state index is 0.0154. The van der Waals surface area contributed by atoms with E-state index in [1.165, 1.54) is 0 Å². The summed E-state index contributed by atoms with van der Waals surface area (Å²) >= 11 is 0. The minimum Gasteiger partial charge on any atom is -0.327 e. The van der Waals surface area contributed by atoms with Crippen LogP contribution in [0.15, 0.2) is 24.3 Å². The first-order valence-corrected chi connectivity index (χ1v) is 6.17. The fourth-order valence-electron chi connectivity index (χ4n) is 2.43. The van der Waals surface area contributed by atoms with E-state index in [0.29, 0.717) is 5.56 Å². The first-order valence-electron chi connectivity index (χ1n) is 6.17. The van der Waals surface area contributed by atoms with Crippen LogP contribution in [0.1, 0.15) is 24.8 Å². The molecule has 0 radical (unpaired) electrons. The van der Waals surface area contributed by atoms with E-state index in [2.05, 4.69) is 6.07 Å². The van der Waals surface area contributed by atoms with Gasteiger partial charge in [-0.15, -0.1) is 0 Å². The number of carbonyl (C=O) groups excluding carboxylic acids is 1. The zero-order chi connectivity index (χ0) is 13.1. The lowest BCUT2D eigenvalue weighted by molar-refractivity contribution is -0.122. The largest absolute Gasteiger partial charge is 0.327 e. The molecule has 0 spiro atoms. The number of hydrogen-bond acceptors (Lipinski definition) is 3. The molecule has 0 aliphatic heterocycles. The summed E-state index contributed by atoms with van der Waals surface area (Å²) in [6.45, 7) is 0. The Morgan fingerprint density at radius 2 is 2.06 bits per heavy atom. The van der Waals surface area contributed by atoms with Gasteiger partial charge < -0.3 is 10.6 Å². The molecule has 4 heteroatoms. The molecule has 1 fully saturated rings. The van der Waals surface area contributed by atoms with Crippen molar-refractivity contribution in [2.45, 2.75) is 25.3 Å². The Bertz CT molecular complexity index is 475. The van der Waals surface area contributed by atoms with Gasteiger partial charge in [0.1, 0.15) is 0 Å². The van der Waals surface area contributed by atoms with E-state index in [1.54, 1.807) is 36.2 Å². The minimum atomic E-state index is -0.0642. The fourth-order valence-corrected chi connectivity index (χ4v) is 2.43. The summed E-state index contributed by atoms with van der Waals surface area (Å²) in [5, 5.41) is 8.74. The van der Waals surface area contributed by atoms with Crippen LogP contribution in [-0.2, 0) is 4.79 Å². The van der Waals surface area contributed by atoms with E-state index in [1.807, 2.05) is 0 Å². The maximum Gasteiger partial charge on any atom is 0.231 e. The number of nitrogens with two attached hydrogens (primary N) is 1. The van der Waals surface area contributed by atoms with E-state index < -0.39 is 0 Å². The van der Waals surface area contributed by atoms with E-state index in [-0.39, 0.29) is 17.9 Å². The second kappa shape index (κ2) is 5.19. The summed E-state index contributed by atoms with van der Waals surface area (Å²) in [6.07, 6.45) is 2.83. The first kappa shape index (κ1) is 12.6. The molecule has 2 unspecified atom stereocenters. The lowest BCUT2D eigenvalue weighted by Gasteiger charge is -2.23. The van der Waals surface area contributed by atoms with Gasteiger partial charge >= 0.3 is 0 Å². The van der Waals surface area contributed by atoms with Crippen LogP contribution in [0.25, 0.3) is 0 Å². The Morgan fingerprint density at radius 1 is 1.39 bits per heavy atom. The van der Waals surface area contributed by atoms with Crippen molar-refractivity contribution in [3.8, 4) is 6.07 Å². The van der Waals surface area contributed by atoms with Crippen molar-refractivity contribution in [3.05, 3.63) is 29.8 Å². The van der Waals surface area contributed by atoms with Crippen LogP contribution in [0.3, 0.4) is 0 Å². The van der Waals surface area contributed by atoms with Crippen molar-refractivity contribution >= 4 is 11.6 Å². The highest BCUT2D eigenvalue weighted by Gasteiger charge is 2.32. The summed E-state index contributed by atoms with van der Waals surface area (Å²) in [5.41, 5.74) is 7.35. The van der Waals surface area contributed by atoms with Crippen molar-refractivity contribution in [3.63, 3.8) is 0 Å². The van der Waals surface area contributed by atoms with Gasteiger partial charge in [-0.2, -0.15) is 5.26 Å². The highest BCUT2D eigenvalue weighted by Crippen LogP contribution is 2.27. The second-order valence-corrected chi connectivity index (χ2v) is 4.76. The van der Waals surface area contributed by atoms with Gasteiger partial charge in [-0.05, 0) is 37.1 Å². The normalized spacial score (nSPS) is 22.5. The zero-order valence-corrected chi connectivity index (χ0v) is 10.5. The van der Waals surface area contributed by atoms with Gasteiger partial charge in [0.2, 0.25) is 5.91 Å². The predicted octanol–water partition coefficient (Wildman–Crippen LogP) is 1.65. The molecule has 2 N–H and O–H groups in total. The maximum absolute atomic E-state index is 12.3. The average molecular weight is 243 g/mol. The highest BCUT2D eigenvalue weighted by molar-refractivity contribution is 5.95. The van der Waals surface area contributed by atoms with Crippen molar-refractivity contribution in [2.75, 3.05) is 11.9 Å². The summed E-state index contributed by atoms with van der Waals surface area (Å²) in [4.78, 5) is 13.9. The van der Waals surface area contributed by atoms with Crippen molar-refractivity contribution in [2.24, 2.45) is 11.7 Å². The third-order valence-corrected chi connectivity index (χ3v) is 3.60. The molecule has 2 atom stereocenters. The molecule has 0 bridgehead atoms. The SMILES string of the molecule is CN(C(=O)C1CCCC1N)c1ccc(C#N)cc1. The molecule has 1 aromatic carbocycles.